The van der Waals surface area contributed by atoms with Gasteiger partial charge >= 0.3 is 0 Å². The van der Waals surface area contributed by atoms with Gasteiger partial charge in [-0.25, -0.2) is 0 Å². The van der Waals surface area contributed by atoms with E-state index in [9.17, 15) is 4.79 Å². The molecule has 2 atom stereocenters. The SMILES string of the molecule is CN(C[C@H]1CCCCO1)C(=O)[C@@H]1CCCCN1Cc1cccnc1. The minimum absolute atomic E-state index is 0.00690. The lowest BCUT2D eigenvalue weighted by atomic mass is 9.99. The van der Waals surface area contributed by atoms with Crippen LogP contribution in [-0.4, -0.2) is 59.6 Å². The van der Waals surface area contributed by atoms with E-state index in [4.69, 9.17) is 4.74 Å². The molecule has 132 valence electrons. The Hall–Kier alpha value is -1.46. The third-order valence-corrected chi connectivity index (χ3v) is 5.13. The molecule has 0 radical (unpaired) electrons. The van der Waals surface area contributed by atoms with Gasteiger partial charge in [0.2, 0.25) is 5.91 Å². The minimum Gasteiger partial charge on any atom is -0.376 e. The second-order valence-electron chi connectivity index (χ2n) is 7.05. The van der Waals surface area contributed by atoms with Gasteiger partial charge in [-0.2, -0.15) is 0 Å². The Kier molecular flexibility index (Phi) is 6.21. The van der Waals surface area contributed by atoms with E-state index >= 15 is 0 Å². The first-order chi connectivity index (χ1) is 11.7. The van der Waals surface area contributed by atoms with E-state index in [2.05, 4.69) is 16.0 Å². The van der Waals surface area contributed by atoms with Crippen LogP contribution in [0.4, 0.5) is 0 Å². The number of nitrogens with zero attached hydrogens (tertiary/aromatic N) is 3. The van der Waals surface area contributed by atoms with Crippen LogP contribution in [0, 0.1) is 0 Å². The predicted molar refractivity (Wildman–Crippen MR) is 93.5 cm³/mol. The zero-order chi connectivity index (χ0) is 16.8. The number of carbonyl (C=O) groups excluding carboxylic acids is 1. The molecule has 0 N–H and O–H groups in total. The van der Waals surface area contributed by atoms with Gasteiger partial charge < -0.3 is 9.64 Å². The summed E-state index contributed by atoms with van der Waals surface area (Å²) in [6, 6.07) is 4.04. The number of hydrogen-bond donors (Lipinski definition) is 0. The molecule has 2 saturated heterocycles. The van der Waals surface area contributed by atoms with Crippen LogP contribution in [-0.2, 0) is 16.1 Å². The van der Waals surface area contributed by atoms with E-state index in [1.807, 2.05) is 24.2 Å². The molecule has 24 heavy (non-hydrogen) atoms. The maximum atomic E-state index is 13.0. The van der Waals surface area contributed by atoms with Crippen molar-refractivity contribution in [3.63, 3.8) is 0 Å². The van der Waals surface area contributed by atoms with Crippen LogP contribution in [0.3, 0.4) is 0 Å². The van der Waals surface area contributed by atoms with Crippen molar-refractivity contribution in [1.29, 1.82) is 0 Å². The highest BCUT2D eigenvalue weighted by Crippen LogP contribution is 2.22. The number of aromatic nitrogens is 1. The summed E-state index contributed by atoms with van der Waals surface area (Å²) in [5, 5.41) is 0. The van der Waals surface area contributed by atoms with E-state index in [1.54, 1.807) is 6.20 Å². The second-order valence-corrected chi connectivity index (χ2v) is 7.05. The summed E-state index contributed by atoms with van der Waals surface area (Å²) in [7, 11) is 1.93. The van der Waals surface area contributed by atoms with Gasteiger partial charge in [0.1, 0.15) is 0 Å². The Labute approximate surface area is 145 Å². The highest BCUT2D eigenvalue weighted by Gasteiger charge is 2.31. The fourth-order valence-corrected chi connectivity index (χ4v) is 3.79. The van der Waals surface area contributed by atoms with Crippen molar-refractivity contribution in [3.8, 4) is 0 Å². The third kappa shape index (κ3) is 4.54. The summed E-state index contributed by atoms with van der Waals surface area (Å²) < 4.78 is 5.79. The molecule has 5 heteroatoms. The molecule has 3 rings (SSSR count). The van der Waals surface area contributed by atoms with Crippen molar-refractivity contribution in [2.75, 3.05) is 26.7 Å². The average Bonchev–Trinajstić information content (AvgIpc) is 2.63. The van der Waals surface area contributed by atoms with Crippen molar-refractivity contribution in [1.82, 2.24) is 14.8 Å². The molecule has 3 heterocycles. The first kappa shape index (κ1) is 17.4. The van der Waals surface area contributed by atoms with Gasteiger partial charge in [-0.05, 0) is 50.3 Å². The van der Waals surface area contributed by atoms with Gasteiger partial charge in [0, 0.05) is 39.1 Å². The van der Waals surface area contributed by atoms with Gasteiger partial charge in [-0.3, -0.25) is 14.7 Å². The average molecular weight is 331 g/mol. The standard InChI is InChI=1S/C19H29N3O2/c1-21(15-17-8-3-5-12-24-17)19(23)18-9-2-4-11-22(18)14-16-7-6-10-20-13-16/h6-7,10,13,17-18H,2-5,8-9,11-12,14-15H2,1H3/t17-,18+/m1/s1. The number of hydrogen-bond acceptors (Lipinski definition) is 4. The van der Waals surface area contributed by atoms with Crippen molar-refractivity contribution >= 4 is 5.91 Å². The molecule has 0 aliphatic carbocycles. The summed E-state index contributed by atoms with van der Waals surface area (Å²) in [5.41, 5.74) is 1.18. The lowest BCUT2D eigenvalue weighted by molar-refractivity contribution is -0.139. The first-order valence-electron chi connectivity index (χ1n) is 9.23. The number of rotatable bonds is 5. The van der Waals surface area contributed by atoms with E-state index in [-0.39, 0.29) is 18.1 Å². The smallest absolute Gasteiger partial charge is 0.239 e. The lowest BCUT2D eigenvalue weighted by Gasteiger charge is -2.37. The van der Waals surface area contributed by atoms with Crippen LogP contribution in [0.2, 0.25) is 0 Å². The maximum absolute atomic E-state index is 13.0. The van der Waals surface area contributed by atoms with Crippen LogP contribution in [0.15, 0.2) is 24.5 Å². The van der Waals surface area contributed by atoms with E-state index in [0.717, 1.165) is 51.9 Å². The monoisotopic (exact) mass is 331 g/mol. The van der Waals surface area contributed by atoms with Gasteiger partial charge in [-0.15, -0.1) is 0 Å². The number of amides is 1. The summed E-state index contributed by atoms with van der Waals surface area (Å²) in [6.07, 6.45) is 10.6. The van der Waals surface area contributed by atoms with Crippen LogP contribution in [0.5, 0.6) is 0 Å². The van der Waals surface area contributed by atoms with Crippen molar-refractivity contribution in [2.45, 2.75) is 57.2 Å². The molecule has 0 aromatic carbocycles. The summed E-state index contributed by atoms with van der Waals surface area (Å²) in [6.45, 7) is 3.34. The minimum atomic E-state index is -0.00690. The molecule has 1 aromatic rings. The normalized spacial score (nSPS) is 25.4. The second kappa shape index (κ2) is 8.58. The Balaban J connectivity index is 1.59. The first-order valence-corrected chi connectivity index (χ1v) is 9.23. The van der Waals surface area contributed by atoms with Crippen LogP contribution in [0.1, 0.15) is 44.1 Å². The predicted octanol–water partition coefficient (Wildman–Crippen LogP) is 2.46. The van der Waals surface area contributed by atoms with Crippen molar-refractivity contribution in [2.24, 2.45) is 0 Å². The molecule has 0 bridgehead atoms. The number of pyridine rings is 1. The van der Waals surface area contributed by atoms with Crippen LogP contribution in [0.25, 0.3) is 0 Å². The number of carbonyl (C=O) groups is 1. The Bertz CT molecular complexity index is 517. The Morgan fingerprint density at radius 1 is 1.33 bits per heavy atom. The molecular weight excluding hydrogens is 302 g/mol. The van der Waals surface area contributed by atoms with Crippen LogP contribution >= 0.6 is 0 Å². The van der Waals surface area contributed by atoms with Gasteiger partial charge in [-0.1, -0.05) is 12.5 Å². The number of piperidine rings is 1. The maximum Gasteiger partial charge on any atom is 0.239 e. The molecule has 2 aliphatic heterocycles. The van der Waals surface area contributed by atoms with Gasteiger partial charge in [0.05, 0.1) is 12.1 Å². The molecule has 2 fully saturated rings. The van der Waals surface area contributed by atoms with Gasteiger partial charge in [0.15, 0.2) is 0 Å². The highest BCUT2D eigenvalue weighted by molar-refractivity contribution is 5.81. The molecule has 5 nitrogen and oxygen atoms in total. The molecule has 1 amide bonds. The summed E-state index contributed by atoms with van der Waals surface area (Å²) >= 11 is 0. The van der Waals surface area contributed by atoms with Crippen molar-refractivity contribution in [3.05, 3.63) is 30.1 Å². The van der Waals surface area contributed by atoms with E-state index in [1.165, 1.54) is 18.4 Å². The molecule has 0 unspecified atom stereocenters. The molecule has 2 aliphatic rings. The third-order valence-electron chi connectivity index (χ3n) is 5.13. The number of ether oxygens (including phenoxy) is 1. The highest BCUT2D eigenvalue weighted by atomic mass is 16.5. The van der Waals surface area contributed by atoms with E-state index in [0.29, 0.717) is 0 Å². The fraction of sp³-hybridized carbons (Fsp3) is 0.684. The lowest BCUT2D eigenvalue weighted by Crippen LogP contribution is -2.51. The van der Waals surface area contributed by atoms with Crippen LogP contribution < -0.4 is 0 Å². The number of likely N-dealkylation sites (tertiary alicyclic amines) is 1. The number of likely N-dealkylation sites (N-methyl/N-ethyl adjacent to an activating group) is 1. The molecule has 1 aromatic heterocycles. The Morgan fingerprint density at radius 3 is 2.96 bits per heavy atom. The molecule has 0 saturated carbocycles. The van der Waals surface area contributed by atoms with Gasteiger partial charge in [0.25, 0.3) is 0 Å². The zero-order valence-corrected chi connectivity index (χ0v) is 14.7. The van der Waals surface area contributed by atoms with Crippen molar-refractivity contribution < 1.29 is 9.53 Å². The fourth-order valence-electron chi connectivity index (χ4n) is 3.79. The summed E-state index contributed by atoms with van der Waals surface area (Å²) in [4.78, 5) is 21.4. The largest absolute Gasteiger partial charge is 0.376 e. The van der Waals surface area contributed by atoms with E-state index < -0.39 is 0 Å². The zero-order valence-electron chi connectivity index (χ0n) is 14.7. The quantitative estimate of drug-likeness (QED) is 0.831. The molecular formula is C19H29N3O2. The Morgan fingerprint density at radius 2 is 2.21 bits per heavy atom. The molecule has 0 spiro atoms. The summed E-state index contributed by atoms with van der Waals surface area (Å²) in [5.74, 6) is 0.243. The topological polar surface area (TPSA) is 45.7 Å².